The number of tetrazole rings is 1. The van der Waals surface area contributed by atoms with Crippen molar-refractivity contribution in [2.45, 2.75) is 12.6 Å². The van der Waals surface area contributed by atoms with Gasteiger partial charge in [-0.1, -0.05) is 12.1 Å². The second kappa shape index (κ2) is 7.78. The van der Waals surface area contributed by atoms with Crippen molar-refractivity contribution in [1.29, 1.82) is 0 Å². The summed E-state index contributed by atoms with van der Waals surface area (Å²) in [6.45, 7) is 5.11. The summed E-state index contributed by atoms with van der Waals surface area (Å²) >= 11 is 0. The molecule has 1 aliphatic heterocycles. The van der Waals surface area contributed by atoms with E-state index in [0.717, 1.165) is 26.2 Å². The highest BCUT2D eigenvalue weighted by atomic mass is 19.1. The van der Waals surface area contributed by atoms with E-state index in [9.17, 15) is 4.39 Å². The molecule has 2 aromatic rings. The minimum absolute atomic E-state index is 0.203. The molecule has 7 nitrogen and oxygen atoms in total. The van der Waals surface area contributed by atoms with Crippen LogP contribution >= 0.6 is 0 Å². The summed E-state index contributed by atoms with van der Waals surface area (Å²) in [5, 5.41) is 12.1. The maximum absolute atomic E-state index is 14.5. The van der Waals surface area contributed by atoms with Crippen molar-refractivity contribution in [1.82, 2.24) is 20.2 Å². The number of ether oxygens (including phenoxy) is 1. The molecule has 1 fully saturated rings. The molecule has 0 aliphatic carbocycles. The van der Waals surface area contributed by atoms with Gasteiger partial charge in [0.2, 0.25) is 5.82 Å². The second-order valence-corrected chi connectivity index (χ2v) is 6.32. The van der Waals surface area contributed by atoms with Crippen LogP contribution < -0.4 is 9.80 Å². The summed E-state index contributed by atoms with van der Waals surface area (Å²) < 4.78 is 21.4. The first-order valence-corrected chi connectivity index (χ1v) is 8.36. The van der Waals surface area contributed by atoms with Crippen molar-refractivity contribution in [3.63, 3.8) is 0 Å². The molecular weight excluding hydrogens is 311 g/mol. The van der Waals surface area contributed by atoms with E-state index in [2.05, 4.69) is 22.6 Å². The summed E-state index contributed by atoms with van der Waals surface area (Å²) in [5.41, 5.74) is 0.653. The van der Waals surface area contributed by atoms with Gasteiger partial charge in [0.05, 0.1) is 25.8 Å². The molecule has 0 unspecified atom stereocenters. The lowest BCUT2D eigenvalue weighted by molar-refractivity contribution is -1.02. The minimum atomic E-state index is -0.206. The summed E-state index contributed by atoms with van der Waals surface area (Å²) in [6.07, 6.45) is 0. The molecule has 1 aromatic heterocycles. The fraction of sp³-hybridized carbons (Fsp3) is 0.562. The van der Waals surface area contributed by atoms with Crippen LogP contribution in [0.5, 0.6) is 0 Å². The Balaban J connectivity index is 1.96. The van der Waals surface area contributed by atoms with Crippen LogP contribution in [0.2, 0.25) is 0 Å². The van der Waals surface area contributed by atoms with Gasteiger partial charge in [-0.15, -0.1) is 5.10 Å². The van der Waals surface area contributed by atoms with Crippen LogP contribution in [-0.2, 0) is 11.3 Å². The summed E-state index contributed by atoms with van der Waals surface area (Å²) in [6, 6.07) is 6.73. The number of benzene rings is 1. The van der Waals surface area contributed by atoms with E-state index in [1.54, 1.807) is 17.9 Å². The third kappa shape index (κ3) is 3.61. The maximum atomic E-state index is 14.5. The van der Waals surface area contributed by atoms with E-state index < -0.39 is 0 Å². The number of aromatic nitrogens is 4. The van der Waals surface area contributed by atoms with Gasteiger partial charge < -0.3 is 14.5 Å². The molecular formula is C16H25FN6O+2. The molecule has 2 heterocycles. The van der Waals surface area contributed by atoms with Gasteiger partial charge in [-0.2, -0.15) is 0 Å². The number of hydrogen-bond acceptors (Lipinski definition) is 4. The highest BCUT2D eigenvalue weighted by molar-refractivity contribution is 5.24. The number of likely N-dealkylation sites (N-methyl/N-ethyl adjacent to an activating group) is 1. The number of methoxy groups -OCH3 is 1. The Bertz CT molecular complexity index is 656. The van der Waals surface area contributed by atoms with Crippen LogP contribution in [0.4, 0.5) is 4.39 Å². The number of rotatable bonds is 6. The molecule has 0 spiro atoms. The van der Waals surface area contributed by atoms with Gasteiger partial charge in [0, 0.05) is 7.11 Å². The topological polar surface area (TPSA) is 61.7 Å². The monoisotopic (exact) mass is 336 g/mol. The average molecular weight is 336 g/mol. The third-order valence-electron chi connectivity index (χ3n) is 4.70. The molecule has 1 aromatic carbocycles. The van der Waals surface area contributed by atoms with Gasteiger partial charge >= 0.3 is 0 Å². The fourth-order valence-corrected chi connectivity index (χ4v) is 3.29. The molecule has 1 aliphatic rings. The van der Waals surface area contributed by atoms with Crippen LogP contribution in [0.25, 0.3) is 0 Å². The predicted molar refractivity (Wildman–Crippen MR) is 85.3 cm³/mol. The molecule has 24 heavy (non-hydrogen) atoms. The lowest BCUT2D eigenvalue weighted by Gasteiger charge is -2.32. The van der Waals surface area contributed by atoms with Gasteiger partial charge in [-0.25, -0.2) is 9.07 Å². The third-order valence-corrected chi connectivity index (χ3v) is 4.70. The molecule has 2 N–H and O–H groups in total. The molecule has 0 saturated carbocycles. The van der Waals surface area contributed by atoms with Crippen molar-refractivity contribution in [3.05, 3.63) is 41.5 Å². The Labute approximate surface area is 141 Å². The fourth-order valence-electron chi connectivity index (χ4n) is 3.29. The Morgan fingerprint density at radius 3 is 2.71 bits per heavy atom. The normalized spacial score (nSPS) is 22.5. The number of quaternary nitrogens is 2. The standard InChI is InChI=1S/C16H23FN6O/c1-21-7-9-22(10-8-21)15(13-5-3-4-6-14(13)17)16-18-19-20-23(16)11-12-24-2/h3-6,15H,7-12H2,1-2H3/p+2/t15-/m0/s1. The Hall–Kier alpha value is -1.90. The van der Waals surface area contributed by atoms with Gasteiger partial charge in [0.15, 0.2) is 6.04 Å². The lowest BCUT2D eigenvalue weighted by atomic mass is 10.0. The van der Waals surface area contributed by atoms with Gasteiger partial charge in [-0.05, 0) is 22.6 Å². The zero-order valence-corrected chi connectivity index (χ0v) is 14.2. The number of nitrogens with zero attached hydrogens (tertiary/aromatic N) is 4. The van der Waals surface area contributed by atoms with Crippen molar-refractivity contribution in [2.75, 3.05) is 46.9 Å². The number of halogens is 1. The lowest BCUT2D eigenvalue weighted by Crippen LogP contribution is -3.27. The van der Waals surface area contributed by atoms with Crippen molar-refractivity contribution < 1.29 is 18.9 Å². The van der Waals surface area contributed by atoms with Crippen LogP contribution in [-0.4, -0.2) is 67.2 Å². The molecule has 0 bridgehead atoms. The molecule has 130 valence electrons. The Kier molecular flexibility index (Phi) is 5.49. The van der Waals surface area contributed by atoms with E-state index in [0.29, 0.717) is 24.5 Å². The van der Waals surface area contributed by atoms with E-state index in [1.807, 2.05) is 12.1 Å². The van der Waals surface area contributed by atoms with E-state index >= 15 is 0 Å². The summed E-state index contributed by atoms with van der Waals surface area (Å²) in [7, 11) is 3.84. The first-order chi connectivity index (χ1) is 11.7. The second-order valence-electron chi connectivity index (χ2n) is 6.32. The van der Waals surface area contributed by atoms with Crippen molar-refractivity contribution >= 4 is 0 Å². The highest BCUT2D eigenvalue weighted by Crippen LogP contribution is 2.20. The van der Waals surface area contributed by atoms with E-state index in [4.69, 9.17) is 4.74 Å². The maximum Gasteiger partial charge on any atom is 0.214 e. The first-order valence-electron chi connectivity index (χ1n) is 8.36. The van der Waals surface area contributed by atoms with Crippen LogP contribution in [0.3, 0.4) is 0 Å². The number of nitrogens with one attached hydrogen (secondary N) is 2. The smallest absolute Gasteiger partial charge is 0.214 e. The van der Waals surface area contributed by atoms with Crippen LogP contribution in [0.1, 0.15) is 17.4 Å². The van der Waals surface area contributed by atoms with E-state index in [-0.39, 0.29) is 11.9 Å². The largest absolute Gasteiger partial charge is 0.383 e. The SMILES string of the molecule is COCCn1nnnc1[C@H](c1ccccc1F)[NH+]1CC[NH+](C)CC1. The highest BCUT2D eigenvalue weighted by Gasteiger charge is 2.36. The zero-order chi connectivity index (χ0) is 16.9. The Morgan fingerprint density at radius 2 is 2.00 bits per heavy atom. The van der Waals surface area contributed by atoms with Crippen molar-refractivity contribution in [3.8, 4) is 0 Å². The minimum Gasteiger partial charge on any atom is -0.383 e. The molecule has 8 heteroatoms. The number of piperazine rings is 1. The molecule has 1 saturated heterocycles. The summed E-state index contributed by atoms with van der Waals surface area (Å²) in [5.74, 6) is 0.495. The first kappa shape index (κ1) is 16.9. The quantitative estimate of drug-likeness (QED) is 0.638. The molecule has 0 amide bonds. The zero-order valence-electron chi connectivity index (χ0n) is 14.2. The molecule has 1 atom stereocenters. The van der Waals surface area contributed by atoms with Crippen molar-refractivity contribution in [2.24, 2.45) is 0 Å². The van der Waals surface area contributed by atoms with Crippen LogP contribution in [0.15, 0.2) is 24.3 Å². The van der Waals surface area contributed by atoms with Gasteiger partial charge in [-0.3, -0.25) is 0 Å². The number of hydrogen-bond donors (Lipinski definition) is 2. The summed E-state index contributed by atoms with van der Waals surface area (Å²) in [4.78, 5) is 2.81. The van der Waals surface area contributed by atoms with Crippen LogP contribution in [0, 0.1) is 5.82 Å². The Morgan fingerprint density at radius 1 is 1.25 bits per heavy atom. The predicted octanol–water partition coefficient (Wildman–Crippen LogP) is -2.04. The molecule has 3 rings (SSSR count). The van der Waals surface area contributed by atoms with Gasteiger partial charge in [0.25, 0.3) is 0 Å². The van der Waals surface area contributed by atoms with Gasteiger partial charge in [0.1, 0.15) is 32.0 Å². The van der Waals surface area contributed by atoms with E-state index in [1.165, 1.54) is 15.9 Å². The average Bonchev–Trinajstić information content (AvgIpc) is 3.05. The molecule has 0 radical (unpaired) electrons.